The molecular weight excluding hydrogens is 258 g/mol. The molecule has 1 aromatic carbocycles. The van der Waals surface area contributed by atoms with Crippen LogP contribution in [0.1, 0.15) is 39.3 Å². The number of halogens is 2. The van der Waals surface area contributed by atoms with Crippen LogP contribution in [-0.4, -0.2) is 24.5 Å². The maximum atomic E-state index is 14.0. The van der Waals surface area contributed by atoms with E-state index < -0.39 is 17.7 Å². The van der Waals surface area contributed by atoms with E-state index >= 15 is 0 Å². The third-order valence-electron chi connectivity index (χ3n) is 3.20. The summed E-state index contributed by atoms with van der Waals surface area (Å²) < 4.78 is 28.0. The predicted octanol–water partition coefficient (Wildman–Crippen LogP) is 3.58. The van der Waals surface area contributed by atoms with Crippen molar-refractivity contribution in [2.24, 2.45) is 17.6 Å². The Morgan fingerprint density at radius 3 is 1.80 bits per heavy atom. The van der Waals surface area contributed by atoms with Gasteiger partial charge in [0.15, 0.2) is 0 Å². The lowest BCUT2D eigenvalue weighted by Gasteiger charge is -2.34. The molecule has 0 saturated heterocycles. The lowest BCUT2D eigenvalue weighted by molar-refractivity contribution is 0.154. The topological polar surface area (TPSA) is 29.3 Å². The molecule has 0 radical (unpaired) electrons. The number of rotatable bonds is 7. The third kappa shape index (κ3) is 4.53. The highest BCUT2D eigenvalue weighted by atomic mass is 19.1. The quantitative estimate of drug-likeness (QED) is 0.829. The molecule has 1 rings (SSSR count). The van der Waals surface area contributed by atoms with Crippen LogP contribution in [0.3, 0.4) is 0 Å². The second-order valence-electron chi connectivity index (χ2n) is 6.13. The summed E-state index contributed by atoms with van der Waals surface area (Å²) in [5.74, 6) is -0.203. The summed E-state index contributed by atoms with van der Waals surface area (Å²) in [5.41, 5.74) is 5.91. The first-order valence-corrected chi connectivity index (χ1v) is 7.24. The van der Waals surface area contributed by atoms with Crippen molar-refractivity contribution in [2.75, 3.05) is 19.6 Å². The molecule has 0 bridgehead atoms. The fourth-order valence-electron chi connectivity index (χ4n) is 2.55. The second kappa shape index (κ2) is 7.70. The Morgan fingerprint density at radius 2 is 1.45 bits per heavy atom. The molecule has 1 unspecified atom stereocenters. The average molecular weight is 284 g/mol. The van der Waals surface area contributed by atoms with Gasteiger partial charge in [-0.2, -0.15) is 0 Å². The van der Waals surface area contributed by atoms with Gasteiger partial charge in [-0.15, -0.1) is 0 Å². The van der Waals surface area contributed by atoms with Crippen molar-refractivity contribution >= 4 is 0 Å². The molecule has 2 N–H and O–H groups in total. The molecule has 114 valence electrons. The van der Waals surface area contributed by atoms with Crippen molar-refractivity contribution < 1.29 is 8.78 Å². The molecule has 0 aliphatic rings. The smallest absolute Gasteiger partial charge is 0.130 e. The SMILES string of the molecule is CC(C)CN(CC(C)C)C(CN)c1c(F)cccc1F. The van der Waals surface area contributed by atoms with E-state index in [1.54, 1.807) is 0 Å². The lowest BCUT2D eigenvalue weighted by atomic mass is 10.0. The molecule has 1 atom stereocenters. The largest absolute Gasteiger partial charge is 0.329 e. The van der Waals surface area contributed by atoms with Crippen LogP contribution >= 0.6 is 0 Å². The predicted molar refractivity (Wildman–Crippen MR) is 79.4 cm³/mol. The van der Waals surface area contributed by atoms with Crippen LogP contribution in [0.15, 0.2) is 18.2 Å². The van der Waals surface area contributed by atoms with Gasteiger partial charge in [0.05, 0.1) is 6.04 Å². The Balaban J connectivity index is 3.11. The summed E-state index contributed by atoms with van der Waals surface area (Å²) in [4.78, 5) is 2.09. The Kier molecular flexibility index (Phi) is 6.56. The van der Waals surface area contributed by atoms with Gasteiger partial charge in [0.25, 0.3) is 0 Å². The van der Waals surface area contributed by atoms with Crippen LogP contribution in [0.4, 0.5) is 8.78 Å². The van der Waals surface area contributed by atoms with Crippen molar-refractivity contribution in [1.82, 2.24) is 4.90 Å². The highest BCUT2D eigenvalue weighted by molar-refractivity contribution is 5.24. The first-order valence-electron chi connectivity index (χ1n) is 7.24. The van der Waals surface area contributed by atoms with E-state index in [0.717, 1.165) is 13.1 Å². The maximum Gasteiger partial charge on any atom is 0.130 e. The molecule has 0 saturated carbocycles. The minimum atomic E-state index is -0.516. The van der Waals surface area contributed by atoms with Gasteiger partial charge in [-0.25, -0.2) is 8.78 Å². The molecule has 0 fully saturated rings. The van der Waals surface area contributed by atoms with E-state index in [1.165, 1.54) is 18.2 Å². The van der Waals surface area contributed by atoms with Crippen molar-refractivity contribution in [3.8, 4) is 0 Å². The van der Waals surface area contributed by atoms with Gasteiger partial charge < -0.3 is 5.73 Å². The molecule has 0 aromatic heterocycles. The molecule has 0 aliphatic carbocycles. The number of benzene rings is 1. The third-order valence-corrected chi connectivity index (χ3v) is 3.20. The fraction of sp³-hybridized carbons (Fsp3) is 0.625. The Labute approximate surface area is 121 Å². The normalized spacial score (nSPS) is 13.5. The van der Waals surface area contributed by atoms with Crippen LogP contribution in [0.5, 0.6) is 0 Å². The van der Waals surface area contributed by atoms with E-state index in [0.29, 0.717) is 11.8 Å². The van der Waals surface area contributed by atoms with Gasteiger partial charge in [-0.3, -0.25) is 4.90 Å². The number of nitrogens with zero attached hydrogens (tertiary/aromatic N) is 1. The van der Waals surface area contributed by atoms with Gasteiger partial charge in [-0.05, 0) is 24.0 Å². The molecule has 2 nitrogen and oxygen atoms in total. The van der Waals surface area contributed by atoms with E-state index in [9.17, 15) is 8.78 Å². The summed E-state index contributed by atoms with van der Waals surface area (Å²) in [7, 11) is 0. The Bertz CT molecular complexity index is 389. The molecular formula is C16H26F2N2. The molecule has 1 aromatic rings. The van der Waals surface area contributed by atoms with Gasteiger partial charge in [-0.1, -0.05) is 33.8 Å². The van der Waals surface area contributed by atoms with Crippen molar-refractivity contribution in [3.63, 3.8) is 0 Å². The van der Waals surface area contributed by atoms with Crippen molar-refractivity contribution in [1.29, 1.82) is 0 Å². The molecule has 0 aliphatic heterocycles. The van der Waals surface area contributed by atoms with Gasteiger partial charge in [0.2, 0.25) is 0 Å². The highest BCUT2D eigenvalue weighted by Gasteiger charge is 2.26. The number of hydrogen-bond acceptors (Lipinski definition) is 2. The monoisotopic (exact) mass is 284 g/mol. The maximum absolute atomic E-state index is 14.0. The molecule has 4 heteroatoms. The van der Waals surface area contributed by atoms with Crippen LogP contribution < -0.4 is 5.73 Å². The summed E-state index contributed by atoms with van der Waals surface area (Å²) in [5, 5.41) is 0. The zero-order valence-electron chi connectivity index (χ0n) is 12.9. The summed E-state index contributed by atoms with van der Waals surface area (Å²) >= 11 is 0. The molecule has 20 heavy (non-hydrogen) atoms. The van der Waals surface area contributed by atoms with Gasteiger partial charge in [0.1, 0.15) is 11.6 Å². The van der Waals surface area contributed by atoms with E-state index in [1.807, 2.05) is 0 Å². The van der Waals surface area contributed by atoms with Crippen LogP contribution in [0.25, 0.3) is 0 Å². The van der Waals surface area contributed by atoms with Crippen molar-refractivity contribution in [2.45, 2.75) is 33.7 Å². The molecule has 0 spiro atoms. The summed E-state index contributed by atoms with van der Waals surface area (Å²) in [6, 6.07) is 3.56. The summed E-state index contributed by atoms with van der Waals surface area (Å²) in [6.45, 7) is 10.1. The zero-order valence-corrected chi connectivity index (χ0v) is 12.9. The standard InChI is InChI=1S/C16H26F2N2/c1-11(2)9-20(10-12(3)4)15(8-19)16-13(17)6-5-7-14(16)18/h5-7,11-12,15H,8-10,19H2,1-4H3. The van der Waals surface area contributed by atoms with E-state index in [-0.39, 0.29) is 12.1 Å². The van der Waals surface area contributed by atoms with Crippen LogP contribution in [0.2, 0.25) is 0 Å². The van der Waals surface area contributed by atoms with Gasteiger partial charge >= 0.3 is 0 Å². The van der Waals surface area contributed by atoms with E-state index in [4.69, 9.17) is 5.73 Å². The first kappa shape index (κ1) is 17.1. The minimum Gasteiger partial charge on any atom is -0.329 e. The molecule has 0 amide bonds. The Morgan fingerprint density at radius 1 is 1.00 bits per heavy atom. The lowest BCUT2D eigenvalue weighted by Crippen LogP contribution is -2.39. The van der Waals surface area contributed by atoms with Crippen LogP contribution in [0, 0.1) is 23.5 Å². The second-order valence-corrected chi connectivity index (χ2v) is 6.13. The zero-order chi connectivity index (χ0) is 15.3. The highest BCUT2D eigenvalue weighted by Crippen LogP contribution is 2.27. The Hall–Kier alpha value is -1.00. The number of hydrogen-bond donors (Lipinski definition) is 1. The van der Waals surface area contributed by atoms with E-state index in [2.05, 4.69) is 32.6 Å². The minimum absolute atomic E-state index is 0.0938. The number of nitrogens with two attached hydrogens (primary N) is 1. The first-order chi connectivity index (χ1) is 9.36. The molecule has 0 heterocycles. The average Bonchev–Trinajstić information content (AvgIpc) is 2.32. The van der Waals surface area contributed by atoms with Gasteiger partial charge in [0, 0.05) is 25.2 Å². The fourth-order valence-corrected chi connectivity index (χ4v) is 2.55. The van der Waals surface area contributed by atoms with Crippen molar-refractivity contribution in [3.05, 3.63) is 35.4 Å². The summed E-state index contributed by atoms with van der Waals surface area (Å²) in [6.07, 6.45) is 0. The van der Waals surface area contributed by atoms with Crippen LogP contribution in [-0.2, 0) is 0 Å².